The molecular weight excluding hydrogens is 551 g/mol. The molecule has 0 N–H and O–H groups in total. The smallest absolute Gasteiger partial charge is 0.0468 e. The van der Waals surface area contributed by atoms with E-state index in [1.165, 1.54) is 63.6 Å². The van der Waals surface area contributed by atoms with Gasteiger partial charge in [-0.05, 0) is 80.5 Å². The van der Waals surface area contributed by atoms with Crippen LogP contribution in [0.3, 0.4) is 0 Å². The summed E-state index contributed by atoms with van der Waals surface area (Å²) in [6.07, 6.45) is 0. The summed E-state index contributed by atoms with van der Waals surface area (Å²) in [5.74, 6) is 0. The summed E-state index contributed by atoms with van der Waals surface area (Å²) < 4.78 is 2.71. The minimum Gasteiger partial charge on any atom is -0.310 e. The highest BCUT2D eigenvalue weighted by atomic mass is 32.1. The molecule has 0 atom stereocenters. The van der Waals surface area contributed by atoms with Crippen LogP contribution in [-0.2, 0) is 0 Å². The molecule has 0 fully saturated rings. The molecule has 0 aliphatic carbocycles. The van der Waals surface area contributed by atoms with Crippen LogP contribution in [0.2, 0.25) is 0 Å². The summed E-state index contributed by atoms with van der Waals surface area (Å²) in [5, 5.41) is 10.4. The third-order valence-electron chi connectivity index (χ3n) is 8.80. The van der Waals surface area contributed by atoms with Crippen molar-refractivity contribution in [2.75, 3.05) is 4.90 Å². The van der Waals surface area contributed by atoms with Gasteiger partial charge in [-0.3, -0.25) is 0 Å². The lowest BCUT2D eigenvalue weighted by atomic mass is 9.95. The van der Waals surface area contributed by atoms with Crippen molar-refractivity contribution in [2.45, 2.75) is 0 Å². The zero-order valence-electron chi connectivity index (χ0n) is 23.9. The Morgan fingerprint density at radius 2 is 0.977 bits per heavy atom. The number of anilines is 3. The highest BCUT2D eigenvalue weighted by molar-refractivity contribution is 7.26. The Hall–Kier alpha value is -5.44. The molecule has 0 saturated heterocycles. The van der Waals surface area contributed by atoms with Gasteiger partial charge in [-0.25, -0.2) is 0 Å². The predicted molar refractivity (Wildman–Crippen MR) is 192 cm³/mol. The lowest BCUT2D eigenvalue weighted by Crippen LogP contribution is -2.09. The van der Waals surface area contributed by atoms with Crippen LogP contribution in [0.1, 0.15) is 0 Å². The number of hydrogen-bond acceptors (Lipinski definition) is 2. The third-order valence-corrected chi connectivity index (χ3v) is 10.0. The Bertz CT molecular complexity index is 2490. The summed E-state index contributed by atoms with van der Waals surface area (Å²) in [6.45, 7) is 0. The van der Waals surface area contributed by atoms with Gasteiger partial charge in [-0.1, -0.05) is 121 Å². The normalized spacial score (nSPS) is 11.6. The molecular formula is C42H27NS. The van der Waals surface area contributed by atoms with Crippen LogP contribution in [0, 0.1) is 0 Å². The van der Waals surface area contributed by atoms with Gasteiger partial charge in [0, 0.05) is 42.6 Å². The first-order valence-electron chi connectivity index (χ1n) is 15.0. The van der Waals surface area contributed by atoms with E-state index in [0.29, 0.717) is 0 Å². The van der Waals surface area contributed by atoms with Crippen molar-refractivity contribution in [3.63, 3.8) is 0 Å². The van der Waals surface area contributed by atoms with E-state index in [0.717, 1.165) is 17.1 Å². The average molecular weight is 578 g/mol. The van der Waals surface area contributed by atoms with Gasteiger partial charge >= 0.3 is 0 Å². The summed E-state index contributed by atoms with van der Waals surface area (Å²) in [4.78, 5) is 2.36. The first-order valence-corrected chi connectivity index (χ1v) is 15.8. The molecule has 206 valence electrons. The van der Waals surface area contributed by atoms with E-state index in [9.17, 15) is 0 Å². The summed E-state index contributed by atoms with van der Waals surface area (Å²) in [7, 11) is 0. The maximum Gasteiger partial charge on any atom is 0.0468 e. The zero-order valence-corrected chi connectivity index (χ0v) is 24.8. The second-order valence-corrected chi connectivity index (χ2v) is 12.4. The second-order valence-electron chi connectivity index (χ2n) is 11.4. The zero-order chi connectivity index (χ0) is 29.0. The Balaban J connectivity index is 1.25. The van der Waals surface area contributed by atoms with E-state index < -0.39 is 0 Å². The topological polar surface area (TPSA) is 3.24 Å². The van der Waals surface area contributed by atoms with E-state index in [4.69, 9.17) is 0 Å². The van der Waals surface area contributed by atoms with Gasteiger partial charge in [0.05, 0.1) is 0 Å². The number of para-hydroxylation sites is 1. The molecule has 0 aliphatic heterocycles. The largest absolute Gasteiger partial charge is 0.310 e. The molecule has 9 aromatic rings. The molecule has 0 saturated carbocycles. The van der Waals surface area contributed by atoms with Crippen LogP contribution in [-0.4, -0.2) is 0 Å². The fourth-order valence-electron chi connectivity index (χ4n) is 6.76. The number of benzene rings is 8. The van der Waals surface area contributed by atoms with E-state index >= 15 is 0 Å². The maximum absolute atomic E-state index is 2.36. The number of rotatable bonds is 4. The molecule has 0 bridgehead atoms. The van der Waals surface area contributed by atoms with Crippen LogP contribution in [0.15, 0.2) is 164 Å². The van der Waals surface area contributed by atoms with E-state index in [2.05, 4.69) is 169 Å². The lowest BCUT2D eigenvalue weighted by Gasteiger charge is -2.26. The van der Waals surface area contributed by atoms with Gasteiger partial charge in [-0.2, -0.15) is 0 Å². The van der Waals surface area contributed by atoms with Crippen molar-refractivity contribution in [3.05, 3.63) is 164 Å². The lowest BCUT2D eigenvalue weighted by molar-refractivity contribution is 1.29. The van der Waals surface area contributed by atoms with Crippen LogP contribution in [0.5, 0.6) is 0 Å². The van der Waals surface area contributed by atoms with Gasteiger partial charge < -0.3 is 4.90 Å². The molecule has 1 aromatic heterocycles. The molecule has 1 heterocycles. The molecule has 0 aliphatic rings. The summed E-state index contributed by atoms with van der Waals surface area (Å²) >= 11 is 1.90. The number of hydrogen-bond donors (Lipinski definition) is 0. The van der Waals surface area contributed by atoms with Crippen LogP contribution in [0.25, 0.3) is 63.6 Å². The van der Waals surface area contributed by atoms with Crippen molar-refractivity contribution < 1.29 is 0 Å². The Morgan fingerprint density at radius 3 is 1.86 bits per heavy atom. The predicted octanol–water partition coefficient (Wildman–Crippen LogP) is 12.7. The van der Waals surface area contributed by atoms with Crippen LogP contribution in [0.4, 0.5) is 17.1 Å². The minimum absolute atomic E-state index is 1.13. The van der Waals surface area contributed by atoms with Crippen LogP contribution >= 0.6 is 11.3 Å². The summed E-state index contributed by atoms with van der Waals surface area (Å²) in [5.41, 5.74) is 5.83. The quantitative estimate of drug-likeness (QED) is 0.188. The van der Waals surface area contributed by atoms with Gasteiger partial charge in [0.2, 0.25) is 0 Å². The molecule has 2 heteroatoms. The molecule has 8 aromatic carbocycles. The fourth-order valence-corrected chi connectivity index (χ4v) is 7.99. The van der Waals surface area contributed by atoms with Gasteiger partial charge in [0.25, 0.3) is 0 Å². The highest BCUT2D eigenvalue weighted by Gasteiger charge is 2.16. The SMILES string of the molecule is c1ccc(-c2cccc(N(c3ccccc3)c3ccc4c(ccc5ccc6c(ccc7c8ccccc8sc76)c54)c3)c2)cc1. The number of nitrogens with zero attached hydrogens (tertiary/aromatic N) is 1. The molecule has 9 rings (SSSR count). The van der Waals surface area contributed by atoms with Gasteiger partial charge in [-0.15, -0.1) is 11.3 Å². The van der Waals surface area contributed by atoms with Crippen molar-refractivity contribution in [1.29, 1.82) is 0 Å². The maximum atomic E-state index is 2.36. The van der Waals surface area contributed by atoms with E-state index in [1.54, 1.807) is 0 Å². The Labute approximate surface area is 259 Å². The van der Waals surface area contributed by atoms with Gasteiger partial charge in [0.15, 0.2) is 0 Å². The molecule has 0 spiro atoms. The monoisotopic (exact) mass is 577 g/mol. The van der Waals surface area contributed by atoms with Crippen molar-refractivity contribution in [3.8, 4) is 11.1 Å². The van der Waals surface area contributed by atoms with Crippen LogP contribution < -0.4 is 4.90 Å². The Kier molecular flexibility index (Phi) is 5.75. The first kappa shape index (κ1) is 25.1. The highest BCUT2D eigenvalue weighted by Crippen LogP contribution is 2.43. The average Bonchev–Trinajstić information content (AvgIpc) is 3.48. The van der Waals surface area contributed by atoms with Crippen molar-refractivity contribution in [2.24, 2.45) is 0 Å². The molecule has 1 nitrogen and oxygen atoms in total. The first-order chi connectivity index (χ1) is 21.8. The number of fused-ring (bicyclic) bond motifs is 9. The second kappa shape index (κ2) is 10.1. The molecule has 44 heavy (non-hydrogen) atoms. The van der Waals surface area contributed by atoms with E-state index in [-0.39, 0.29) is 0 Å². The number of thiophene rings is 1. The van der Waals surface area contributed by atoms with Crippen molar-refractivity contribution >= 4 is 80.9 Å². The van der Waals surface area contributed by atoms with Gasteiger partial charge in [0.1, 0.15) is 0 Å². The molecule has 0 amide bonds. The Morgan fingerprint density at radius 1 is 0.364 bits per heavy atom. The summed E-state index contributed by atoms with van der Waals surface area (Å²) in [6, 6.07) is 59.6. The fraction of sp³-hybridized carbons (Fsp3) is 0. The minimum atomic E-state index is 1.13. The standard InChI is InChI=1S/C42H27NS/c1-3-10-28(11-4-1)30-12-9-15-33(26-30)43(32-13-5-2-6-14-32)34-21-23-35-31(27-34)19-18-29-20-22-39-37(41(29)35)24-25-38-36-16-7-8-17-40(36)44-42(38)39/h1-27H. The molecule has 0 unspecified atom stereocenters. The molecule has 0 radical (unpaired) electrons. The van der Waals surface area contributed by atoms with E-state index in [1.807, 2.05) is 11.3 Å². The van der Waals surface area contributed by atoms with Crippen molar-refractivity contribution in [1.82, 2.24) is 0 Å². The third kappa shape index (κ3) is 4.00.